The van der Waals surface area contributed by atoms with E-state index < -0.39 is 17.9 Å². The Hall–Kier alpha value is -3.35. The number of nitrogens with zero attached hydrogens (tertiary/aromatic N) is 1. The number of amides is 3. The molecule has 172 valence electrons. The van der Waals surface area contributed by atoms with Gasteiger partial charge < -0.3 is 10.6 Å². The number of rotatable bonds is 7. The van der Waals surface area contributed by atoms with E-state index in [-0.39, 0.29) is 32.3 Å². The molecule has 2 aliphatic rings. The summed E-state index contributed by atoms with van der Waals surface area (Å²) in [4.78, 5) is 39.5. The fourth-order valence-electron chi connectivity index (χ4n) is 3.79. The van der Waals surface area contributed by atoms with Crippen LogP contribution < -0.4 is 10.6 Å². The molecule has 2 aromatic carbocycles. The molecule has 0 aliphatic carbocycles. The molecule has 1 fully saturated rings. The second-order valence-corrected chi connectivity index (χ2v) is 7.78. The molecule has 1 saturated heterocycles. The minimum absolute atomic E-state index is 0.250. The van der Waals surface area contributed by atoms with Gasteiger partial charge in [-0.3, -0.25) is 23.8 Å². The molecule has 0 radical (unpaired) electrons. The van der Waals surface area contributed by atoms with Crippen LogP contribution in [-0.2, 0) is 27.0 Å². The monoisotopic (exact) mass is 467 g/mol. The highest BCUT2D eigenvalue weighted by Gasteiger charge is 2.44. The summed E-state index contributed by atoms with van der Waals surface area (Å²) in [6, 6.07) is 11.7. The Morgan fingerprint density at radius 2 is 1.79 bits per heavy atom. The van der Waals surface area contributed by atoms with E-state index in [9.17, 15) is 18.9 Å². The molecule has 2 aromatic rings. The first kappa shape index (κ1) is 24.3. The van der Waals surface area contributed by atoms with E-state index in [4.69, 9.17) is 4.52 Å². The highest BCUT2D eigenvalue weighted by molar-refractivity contribution is 7.17. The average Bonchev–Trinajstić information content (AvgIpc) is 3.09. The molecule has 33 heavy (non-hydrogen) atoms. The van der Waals surface area contributed by atoms with E-state index in [1.165, 1.54) is 0 Å². The van der Waals surface area contributed by atoms with E-state index in [1.54, 1.807) is 18.2 Å². The minimum atomic E-state index is -0.839. The number of carbonyl (C=O) groups excluding carboxylic acids is 3. The predicted molar refractivity (Wildman–Crippen MR) is 125 cm³/mol. The van der Waals surface area contributed by atoms with E-state index in [2.05, 4.69) is 17.2 Å². The quantitative estimate of drug-likeness (QED) is 0.461. The Morgan fingerprint density at radius 3 is 2.45 bits per heavy atom. The largest absolute Gasteiger partial charge is 0.380 e. The molecule has 4 rings (SSSR count). The summed E-state index contributed by atoms with van der Waals surface area (Å²) in [5.74, 6) is -1.32. The van der Waals surface area contributed by atoms with Crippen LogP contribution in [0.2, 0.25) is 0 Å². The zero-order valence-corrected chi connectivity index (χ0v) is 19.5. The number of nitrogens with one attached hydrogen (secondary N) is 2. The Morgan fingerprint density at radius 1 is 1.09 bits per heavy atom. The van der Waals surface area contributed by atoms with Gasteiger partial charge in [0.2, 0.25) is 5.91 Å². The molecule has 2 N–H and O–H groups in total. The van der Waals surface area contributed by atoms with E-state index >= 15 is 0 Å². The first-order valence-electron chi connectivity index (χ1n) is 10.8. The van der Waals surface area contributed by atoms with Crippen LogP contribution >= 0.6 is 8.69 Å². The first-order valence-corrected chi connectivity index (χ1v) is 11.5. The summed E-state index contributed by atoms with van der Waals surface area (Å²) in [6.45, 7) is 8.42. The van der Waals surface area contributed by atoms with Crippen LogP contribution in [0, 0.1) is 0 Å². The van der Waals surface area contributed by atoms with Crippen LogP contribution in [0.1, 0.15) is 58.5 Å². The normalized spacial score (nSPS) is 17.4. The maximum Gasteiger partial charge on any atom is 0.327 e. The lowest BCUT2D eigenvalue weighted by Gasteiger charge is -2.29. The summed E-state index contributed by atoms with van der Waals surface area (Å²) >= 11 is 0. The van der Waals surface area contributed by atoms with Crippen LogP contribution in [0.4, 0.5) is 5.69 Å². The third-order valence-corrected chi connectivity index (χ3v) is 5.60. The fraction of sp³-hybridized carbons (Fsp3) is 0.292. The lowest BCUT2D eigenvalue weighted by Crippen LogP contribution is -2.51. The van der Waals surface area contributed by atoms with Crippen LogP contribution in [0.3, 0.4) is 0 Å². The summed E-state index contributed by atoms with van der Waals surface area (Å²) in [5, 5.41) is 5.85. The zero-order chi connectivity index (χ0) is 24.0. The second-order valence-electron chi connectivity index (χ2n) is 7.37. The highest BCUT2D eigenvalue weighted by Crippen LogP contribution is 2.33. The van der Waals surface area contributed by atoms with Crippen molar-refractivity contribution in [2.24, 2.45) is 0 Å². The van der Waals surface area contributed by atoms with Gasteiger partial charge in [0.1, 0.15) is 6.04 Å². The van der Waals surface area contributed by atoms with Gasteiger partial charge in [-0.1, -0.05) is 50.8 Å². The van der Waals surface area contributed by atoms with Gasteiger partial charge in [-0.15, -0.1) is 0 Å². The van der Waals surface area contributed by atoms with Gasteiger partial charge in [0.15, 0.2) is 0 Å². The molecular formula is C24H26N3O5P. The maximum atomic E-state index is 13.1. The van der Waals surface area contributed by atoms with Gasteiger partial charge in [-0.2, -0.15) is 0 Å². The van der Waals surface area contributed by atoms with Crippen LogP contribution in [0.5, 0.6) is 0 Å². The molecule has 0 saturated carbocycles. The molecule has 8 nitrogen and oxygen atoms in total. The summed E-state index contributed by atoms with van der Waals surface area (Å²) in [6.07, 6.45) is 0.880. The predicted octanol–water partition coefficient (Wildman–Crippen LogP) is 4.44. The van der Waals surface area contributed by atoms with Crippen LogP contribution in [-0.4, -0.2) is 28.7 Å². The number of carbonyl (C=O) groups is 3. The molecule has 0 aromatic heterocycles. The van der Waals surface area contributed by atoms with Gasteiger partial charge in [0.05, 0.1) is 17.7 Å². The number of anilines is 1. The molecule has 2 aliphatic heterocycles. The molecular weight excluding hydrogens is 441 g/mol. The Labute approximate surface area is 194 Å². The zero-order valence-electron chi connectivity index (χ0n) is 18.6. The van der Waals surface area contributed by atoms with Crippen molar-refractivity contribution in [3.63, 3.8) is 0 Å². The van der Waals surface area contributed by atoms with E-state index in [1.807, 2.05) is 38.1 Å². The van der Waals surface area contributed by atoms with Gasteiger partial charge in [0.25, 0.3) is 11.8 Å². The Balaban J connectivity index is 0.00000149. The van der Waals surface area contributed by atoms with Crippen molar-refractivity contribution in [3.8, 4) is 0 Å². The molecule has 0 spiro atoms. The Bertz CT molecular complexity index is 1080. The molecule has 1 atom stereocenters. The third-order valence-electron chi connectivity index (χ3n) is 5.37. The van der Waals surface area contributed by atoms with E-state index in [0.717, 1.165) is 16.0 Å². The van der Waals surface area contributed by atoms with E-state index in [0.29, 0.717) is 30.8 Å². The fourth-order valence-corrected chi connectivity index (χ4v) is 4.00. The average molecular weight is 467 g/mol. The second kappa shape index (κ2) is 11.0. The third kappa shape index (κ3) is 5.18. The molecule has 0 bridgehead atoms. The van der Waals surface area contributed by atoms with Gasteiger partial charge >= 0.3 is 8.69 Å². The van der Waals surface area contributed by atoms with Crippen molar-refractivity contribution in [1.82, 2.24) is 10.2 Å². The summed E-state index contributed by atoms with van der Waals surface area (Å²) in [5.41, 5.74) is 3.54. The molecule has 1 unspecified atom stereocenters. The standard InChI is InChI=1S/C22H20N3O5P.C2H6/c1-13-5-10-18(20(26)24-13)25-21(27)16-3-2-4-17(19(16)22(25)28)23-11-14-6-8-15(9-7-14)12-30-31-29;1-2/h2-4,6-9,18,23H,1,5,10-12H2,(H,24,26);1-2H3. The molecule has 2 heterocycles. The lowest BCUT2D eigenvalue weighted by atomic mass is 10.0. The van der Waals surface area contributed by atoms with Crippen molar-refractivity contribution in [3.05, 3.63) is 77.0 Å². The number of benzene rings is 2. The lowest BCUT2D eigenvalue weighted by molar-refractivity contribution is -0.125. The Kier molecular flexibility index (Phi) is 8.09. The number of allylic oxidation sites excluding steroid dienone is 1. The van der Waals surface area contributed by atoms with Crippen LogP contribution in [0.15, 0.2) is 54.7 Å². The molecule has 3 amide bonds. The number of imide groups is 1. The van der Waals surface area contributed by atoms with Gasteiger partial charge in [-0.05, 0) is 36.1 Å². The number of piperidine rings is 1. The summed E-state index contributed by atoms with van der Waals surface area (Å²) < 4.78 is 15.2. The van der Waals surface area contributed by atoms with Crippen LogP contribution in [0.25, 0.3) is 0 Å². The molecule has 9 heteroatoms. The van der Waals surface area contributed by atoms with Crippen molar-refractivity contribution < 1.29 is 23.5 Å². The summed E-state index contributed by atoms with van der Waals surface area (Å²) in [7, 11) is -0.361. The maximum absolute atomic E-state index is 13.1. The first-order chi connectivity index (χ1) is 16.0. The van der Waals surface area contributed by atoms with Crippen molar-refractivity contribution in [2.75, 3.05) is 5.32 Å². The highest BCUT2D eigenvalue weighted by atomic mass is 31.1. The minimum Gasteiger partial charge on any atom is -0.380 e. The number of hydrogen-bond acceptors (Lipinski definition) is 6. The van der Waals surface area contributed by atoms with Crippen molar-refractivity contribution >= 4 is 32.1 Å². The smallest absolute Gasteiger partial charge is 0.327 e. The van der Waals surface area contributed by atoms with Crippen molar-refractivity contribution in [1.29, 1.82) is 0 Å². The number of hydrogen-bond donors (Lipinski definition) is 2. The topological polar surface area (TPSA) is 105 Å². The van der Waals surface area contributed by atoms with Gasteiger partial charge in [0, 0.05) is 17.9 Å². The number of fused-ring (bicyclic) bond motifs is 1. The SMILES string of the molecule is C=C1CCC(N2C(=O)c3cccc(NCc4ccc(COP=O)cc4)c3C2=O)C(=O)N1.CC. The van der Waals surface area contributed by atoms with Gasteiger partial charge in [-0.25, -0.2) is 4.57 Å². The van der Waals surface area contributed by atoms with Crippen molar-refractivity contribution in [2.45, 2.75) is 45.9 Å².